The number of fused-ring (bicyclic) bond motifs is 5. The van der Waals surface area contributed by atoms with Gasteiger partial charge in [-0.1, -0.05) is 0 Å². The van der Waals surface area contributed by atoms with Crippen LogP contribution in [0.5, 0.6) is 0 Å². The molecule has 1 aromatic rings. The summed E-state index contributed by atoms with van der Waals surface area (Å²) in [5.41, 5.74) is 1.19. The minimum Gasteiger partial charge on any atom is -0.293 e. The number of thiophene rings is 1. The van der Waals surface area contributed by atoms with Gasteiger partial charge in [0.05, 0.1) is 4.88 Å². The van der Waals surface area contributed by atoms with E-state index in [1.165, 1.54) is 24.8 Å². The molecule has 1 heterocycles. The fraction of sp³-hybridized carbons (Fsp3) is 0.643. The highest BCUT2D eigenvalue weighted by Gasteiger charge is 2.67. The minimum absolute atomic E-state index is 0.420. The zero-order chi connectivity index (χ0) is 10.9. The third-order valence-corrected chi connectivity index (χ3v) is 6.15. The van der Waals surface area contributed by atoms with Crippen LogP contribution in [0.1, 0.15) is 34.5 Å². The van der Waals surface area contributed by atoms with E-state index in [4.69, 9.17) is 0 Å². The Morgan fingerprint density at radius 2 is 2.00 bits per heavy atom. The number of ketones is 1. The molecule has 84 valence electrons. The van der Waals surface area contributed by atoms with E-state index in [-0.39, 0.29) is 0 Å². The first kappa shape index (κ1) is 9.41. The lowest BCUT2D eigenvalue weighted by molar-refractivity contribution is 0.0948. The average molecular weight is 232 g/mol. The van der Waals surface area contributed by atoms with Gasteiger partial charge in [0.2, 0.25) is 0 Å². The van der Waals surface area contributed by atoms with Crippen LogP contribution in [-0.4, -0.2) is 5.78 Å². The number of carbonyl (C=O) groups excluding carboxylic acids is 1. The molecule has 3 aliphatic carbocycles. The highest BCUT2D eigenvalue weighted by atomic mass is 32.1. The first-order valence-electron chi connectivity index (χ1n) is 6.35. The summed E-state index contributed by atoms with van der Waals surface area (Å²) in [6.45, 7) is 2.07. The van der Waals surface area contributed by atoms with Crippen LogP contribution < -0.4 is 0 Å². The highest BCUT2D eigenvalue weighted by Crippen LogP contribution is 2.70. The largest absolute Gasteiger partial charge is 0.293 e. The molecule has 4 atom stereocenters. The Morgan fingerprint density at radius 1 is 1.31 bits per heavy atom. The molecule has 3 aliphatic rings. The number of aryl methyl sites for hydroxylation is 1. The third-order valence-electron chi connectivity index (χ3n) is 5.12. The van der Waals surface area contributed by atoms with Crippen molar-refractivity contribution in [3.8, 4) is 0 Å². The fourth-order valence-electron chi connectivity index (χ4n) is 4.45. The van der Waals surface area contributed by atoms with Gasteiger partial charge in [0, 0.05) is 5.92 Å². The number of Topliss-reactive ketones (excluding diaryl/α,β-unsaturated/α-hetero) is 1. The van der Waals surface area contributed by atoms with Gasteiger partial charge >= 0.3 is 0 Å². The van der Waals surface area contributed by atoms with E-state index in [2.05, 4.69) is 18.4 Å². The van der Waals surface area contributed by atoms with Gasteiger partial charge in [0.25, 0.3) is 0 Å². The summed E-state index contributed by atoms with van der Waals surface area (Å²) < 4.78 is 0. The standard InChI is InChI=1S/C14H16OS/c1-7-4-5-16-14(7)13(15)12-10-8-2-3-9(6-8)11(10)12/h4-5,8-12H,2-3,6H2,1H3. The molecule has 4 unspecified atom stereocenters. The summed E-state index contributed by atoms with van der Waals surface area (Å²) in [4.78, 5) is 13.5. The predicted octanol–water partition coefficient (Wildman–Crippen LogP) is 3.53. The fourth-order valence-corrected chi connectivity index (χ4v) is 5.37. The van der Waals surface area contributed by atoms with E-state index in [1.54, 1.807) is 11.3 Å². The van der Waals surface area contributed by atoms with Crippen LogP contribution >= 0.6 is 11.3 Å². The molecule has 2 heteroatoms. The molecule has 2 bridgehead atoms. The van der Waals surface area contributed by atoms with E-state index >= 15 is 0 Å². The van der Waals surface area contributed by atoms with Gasteiger partial charge in [-0.15, -0.1) is 11.3 Å². The molecule has 1 aromatic heterocycles. The van der Waals surface area contributed by atoms with Crippen molar-refractivity contribution in [2.45, 2.75) is 26.2 Å². The Hall–Kier alpha value is -0.630. The van der Waals surface area contributed by atoms with E-state index in [9.17, 15) is 4.79 Å². The van der Waals surface area contributed by atoms with Crippen molar-refractivity contribution < 1.29 is 4.79 Å². The molecule has 0 saturated heterocycles. The molecule has 0 N–H and O–H groups in total. The maximum Gasteiger partial charge on any atom is 0.176 e. The maximum absolute atomic E-state index is 12.4. The van der Waals surface area contributed by atoms with Gasteiger partial charge in [0.15, 0.2) is 5.78 Å². The Labute approximate surface area is 99.9 Å². The van der Waals surface area contributed by atoms with Gasteiger partial charge in [-0.25, -0.2) is 0 Å². The molecule has 3 saturated carbocycles. The lowest BCUT2D eigenvalue weighted by Crippen LogP contribution is -2.09. The van der Waals surface area contributed by atoms with E-state index < -0.39 is 0 Å². The van der Waals surface area contributed by atoms with Crippen molar-refractivity contribution in [2.24, 2.45) is 29.6 Å². The van der Waals surface area contributed by atoms with Gasteiger partial charge in [-0.05, 0) is 66.9 Å². The van der Waals surface area contributed by atoms with Gasteiger partial charge in [-0.3, -0.25) is 4.79 Å². The molecular weight excluding hydrogens is 216 g/mol. The van der Waals surface area contributed by atoms with Crippen molar-refractivity contribution in [3.05, 3.63) is 21.9 Å². The smallest absolute Gasteiger partial charge is 0.176 e. The number of rotatable bonds is 2. The lowest BCUT2D eigenvalue weighted by atomic mass is 9.98. The molecule has 0 amide bonds. The number of hydrogen-bond donors (Lipinski definition) is 0. The van der Waals surface area contributed by atoms with Crippen molar-refractivity contribution >= 4 is 17.1 Å². The summed E-state index contributed by atoms with van der Waals surface area (Å²) in [5.74, 6) is 4.27. The molecule has 0 aromatic carbocycles. The normalized spacial score (nSPS) is 43.4. The van der Waals surface area contributed by atoms with Gasteiger partial charge < -0.3 is 0 Å². The van der Waals surface area contributed by atoms with Crippen LogP contribution in [0.2, 0.25) is 0 Å². The van der Waals surface area contributed by atoms with Crippen molar-refractivity contribution in [2.75, 3.05) is 0 Å². The quantitative estimate of drug-likeness (QED) is 0.713. The monoisotopic (exact) mass is 232 g/mol. The average Bonchev–Trinajstić information content (AvgIpc) is 2.67. The van der Waals surface area contributed by atoms with Crippen LogP contribution in [-0.2, 0) is 0 Å². The first-order chi connectivity index (χ1) is 7.77. The number of carbonyl (C=O) groups is 1. The second-order valence-corrected chi connectivity index (χ2v) is 6.73. The Balaban J connectivity index is 1.62. The molecular formula is C14H16OS. The Bertz CT molecular complexity index is 445. The van der Waals surface area contributed by atoms with Crippen LogP contribution in [0.3, 0.4) is 0 Å². The molecule has 0 radical (unpaired) electrons. The molecule has 0 spiro atoms. The topological polar surface area (TPSA) is 17.1 Å². The second-order valence-electron chi connectivity index (χ2n) is 5.81. The first-order valence-corrected chi connectivity index (χ1v) is 7.23. The zero-order valence-corrected chi connectivity index (χ0v) is 10.3. The molecule has 0 aliphatic heterocycles. The SMILES string of the molecule is Cc1ccsc1C(=O)C1C2C3CCC(C3)C12. The molecule has 3 fully saturated rings. The summed E-state index contributed by atoms with van der Waals surface area (Å²) in [6.07, 6.45) is 4.24. The van der Waals surface area contributed by atoms with Crippen molar-refractivity contribution in [1.82, 2.24) is 0 Å². The Morgan fingerprint density at radius 3 is 2.56 bits per heavy atom. The summed E-state index contributed by atoms with van der Waals surface area (Å²) >= 11 is 1.64. The maximum atomic E-state index is 12.4. The van der Waals surface area contributed by atoms with Gasteiger partial charge in [-0.2, -0.15) is 0 Å². The summed E-state index contributed by atoms with van der Waals surface area (Å²) in [7, 11) is 0. The Kier molecular flexibility index (Phi) is 1.75. The van der Waals surface area contributed by atoms with Gasteiger partial charge in [0.1, 0.15) is 0 Å². The zero-order valence-electron chi connectivity index (χ0n) is 9.48. The second kappa shape index (κ2) is 2.98. The van der Waals surface area contributed by atoms with Crippen LogP contribution in [0, 0.1) is 36.5 Å². The van der Waals surface area contributed by atoms with Crippen molar-refractivity contribution in [3.63, 3.8) is 0 Å². The number of hydrogen-bond acceptors (Lipinski definition) is 2. The molecule has 1 nitrogen and oxygen atoms in total. The summed E-state index contributed by atoms with van der Waals surface area (Å²) in [6, 6.07) is 2.07. The van der Waals surface area contributed by atoms with E-state index in [0.717, 1.165) is 28.5 Å². The summed E-state index contributed by atoms with van der Waals surface area (Å²) in [5, 5.41) is 2.05. The van der Waals surface area contributed by atoms with Crippen LogP contribution in [0.15, 0.2) is 11.4 Å². The lowest BCUT2D eigenvalue weighted by Gasteiger charge is -2.07. The third kappa shape index (κ3) is 1.04. The van der Waals surface area contributed by atoms with Crippen LogP contribution in [0.25, 0.3) is 0 Å². The highest BCUT2D eigenvalue weighted by molar-refractivity contribution is 7.12. The minimum atomic E-state index is 0.420. The molecule has 16 heavy (non-hydrogen) atoms. The van der Waals surface area contributed by atoms with Crippen molar-refractivity contribution in [1.29, 1.82) is 0 Å². The van der Waals surface area contributed by atoms with E-state index in [0.29, 0.717) is 11.7 Å². The van der Waals surface area contributed by atoms with E-state index in [1.807, 2.05) is 0 Å². The van der Waals surface area contributed by atoms with Crippen LogP contribution in [0.4, 0.5) is 0 Å². The molecule has 4 rings (SSSR count). The predicted molar refractivity (Wildman–Crippen MR) is 64.7 cm³/mol.